The largest absolute Gasteiger partial charge is 0.393 e. The zero-order valence-corrected chi connectivity index (χ0v) is 7.28. The van der Waals surface area contributed by atoms with Crippen molar-refractivity contribution in [2.75, 3.05) is 0 Å². The minimum absolute atomic E-state index is 0.117. The molecule has 1 atom stereocenters. The molecule has 1 aliphatic carbocycles. The van der Waals surface area contributed by atoms with Crippen LogP contribution in [0.15, 0.2) is 0 Å². The van der Waals surface area contributed by atoms with E-state index in [1.165, 1.54) is 0 Å². The Bertz CT molecular complexity index is 141. The summed E-state index contributed by atoms with van der Waals surface area (Å²) in [7, 11) is 0. The molecule has 0 aliphatic heterocycles. The fourth-order valence-electron chi connectivity index (χ4n) is 1.82. The fourth-order valence-corrected chi connectivity index (χ4v) is 1.82. The van der Waals surface area contributed by atoms with Crippen LogP contribution in [0.25, 0.3) is 0 Å². The lowest BCUT2D eigenvalue weighted by Gasteiger charge is -2.25. The summed E-state index contributed by atoms with van der Waals surface area (Å²) in [5.41, 5.74) is 5.51. The van der Waals surface area contributed by atoms with Crippen LogP contribution in [0.5, 0.6) is 0 Å². The maximum absolute atomic E-state index is 10.3. The van der Waals surface area contributed by atoms with Gasteiger partial charge in [0, 0.05) is 0 Å². The van der Waals surface area contributed by atoms with E-state index >= 15 is 0 Å². The number of hydrogen-bond acceptors (Lipinski definition) is 3. The van der Waals surface area contributed by atoms with E-state index in [0.717, 1.165) is 38.4 Å². The summed E-state index contributed by atoms with van der Waals surface area (Å²) in [5, 5.41) is 9.22. The van der Waals surface area contributed by atoms with Crippen LogP contribution in [0.4, 0.5) is 0 Å². The first-order valence-electron chi connectivity index (χ1n) is 4.61. The molecule has 0 saturated heterocycles. The minimum Gasteiger partial charge on any atom is -0.393 e. The van der Waals surface area contributed by atoms with Crippen molar-refractivity contribution in [3.8, 4) is 0 Å². The van der Waals surface area contributed by atoms with Crippen molar-refractivity contribution in [1.29, 1.82) is 0 Å². The van der Waals surface area contributed by atoms with Gasteiger partial charge in [0.1, 0.15) is 6.29 Å². The molecule has 12 heavy (non-hydrogen) atoms. The van der Waals surface area contributed by atoms with Gasteiger partial charge in [-0.05, 0) is 38.0 Å². The molecule has 1 rings (SSSR count). The predicted octanol–water partition coefficient (Wildman–Crippen LogP) is 0.454. The lowest BCUT2D eigenvalue weighted by molar-refractivity contribution is -0.109. The normalized spacial score (nSPS) is 32.8. The second-order valence-electron chi connectivity index (χ2n) is 3.71. The van der Waals surface area contributed by atoms with Gasteiger partial charge in [-0.25, -0.2) is 0 Å². The van der Waals surface area contributed by atoms with Gasteiger partial charge in [-0.3, -0.25) is 0 Å². The molecule has 0 heterocycles. The second kappa shape index (κ2) is 4.58. The van der Waals surface area contributed by atoms with Crippen molar-refractivity contribution in [1.82, 2.24) is 0 Å². The van der Waals surface area contributed by atoms with E-state index in [0.29, 0.717) is 5.92 Å². The van der Waals surface area contributed by atoms with Gasteiger partial charge in [0.2, 0.25) is 0 Å². The molecule has 1 saturated carbocycles. The van der Waals surface area contributed by atoms with Crippen molar-refractivity contribution in [2.45, 2.75) is 44.2 Å². The minimum atomic E-state index is -0.301. The smallest absolute Gasteiger partial charge is 0.136 e. The van der Waals surface area contributed by atoms with E-state index in [9.17, 15) is 9.90 Å². The second-order valence-corrected chi connectivity index (χ2v) is 3.71. The molecule has 0 bridgehead atoms. The molecular formula is C9H17NO2. The lowest BCUT2D eigenvalue weighted by Crippen LogP contribution is -2.28. The summed E-state index contributed by atoms with van der Waals surface area (Å²) in [5.74, 6) is 0.550. The van der Waals surface area contributed by atoms with Crippen molar-refractivity contribution in [3.05, 3.63) is 0 Å². The van der Waals surface area contributed by atoms with Gasteiger partial charge < -0.3 is 15.6 Å². The molecule has 3 heteroatoms. The number of hydrogen-bond donors (Lipinski definition) is 2. The third-order valence-corrected chi connectivity index (χ3v) is 2.60. The number of aldehydes is 1. The molecule has 0 unspecified atom stereocenters. The Hall–Kier alpha value is -0.410. The van der Waals surface area contributed by atoms with Gasteiger partial charge in [0.05, 0.1) is 12.1 Å². The monoisotopic (exact) mass is 171 g/mol. The third-order valence-electron chi connectivity index (χ3n) is 2.60. The lowest BCUT2D eigenvalue weighted by atomic mass is 9.84. The van der Waals surface area contributed by atoms with Crippen LogP contribution < -0.4 is 5.73 Å². The van der Waals surface area contributed by atoms with Crippen molar-refractivity contribution in [3.63, 3.8) is 0 Å². The highest BCUT2D eigenvalue weighted by Gasteiger charge is 2.20. The molecule has 0 amide bonds. The van der Waals surface area contributed by atoms with Gasteiger partial charge in [0.15, 0.2) is 0 Å². The summed E-state index contributed by atoms with van der Waals surface area (Å²) in [6, 6.07) is -0.301. The molecule has 1 fully saturated rings. The topological polar surface area (TPSA) is 63.3 Å². The van der Waals surface area contributed by atoms with Crippen molar-refractivity contribution >= 4 is 6.29 Å². The van der Waals surface area contributed by atoms with Crippen molar-refractivity contribution < 1.29 is 9.90 Å². The molecule has 0 spiro atoms. The van der Waals surface area contributed by atoms with Crippen LogP contribution in [0, 0.1) is 5.92 Å². The Morgan fingerprint density at radius 1 is 1.42 bits per heavy atom. The molecule has 1 aliphatic rings. The molecule has 3 nitrogen and oxygen atoms in total. The molecule has 0 aromatic carbocycles. The molecule has 3 N–H and O–H groups in total. The number of carbonyl (C=O) groups excluding carboxylic acids is 1. The molecule has 0 aromatic heterocycles. The first-order chi connectivity index (χ1) is 5.72. The zero-order chi connectivity index (χ0) is 8.97. The maximum Gasteiger partial charge on any atom is 0.136 e. The Morgan fingerprint density at radius 3 is 2.50 bits per heavy atom. The number of aliphatic hydroxyl groups excluding tert-OH is 1. The first-order valence-corrected chi connectivity index (χ1v) is 4.61. The fraction of sp³-hybridized carbons (Fsp3) is 0.889. The standard InChI is InChI=1S/C9H17NO2/c10-8(6-11)5-7-1-3-9(12)4-2-7/h6-9,12H,1-5,10H2/t7?,8-,9?/m0/s1. The quantitative estimate of drug-likeness (QED) is 0.606. The van der Waals surface area contributed by atoms with Crippen LogP contribution in [-0.4, -0.2) is 23.5 Å². The number of rotatable bonds is 3. The van der Waals surface area contributed by atoms with Crippen LogP contribution in [0.1, 0.15) is 32.1 Å². The molecule has 0 aromatic rings. The summed E-state index contributed by atoms with van der Waals surface area (Å²) in [4.78, 5) is 10.3. The highest BCUT2D eigenvalue weighted by atomic mass is 16.3. The average molecular weight is 171 g/mol. The Kier molecular flexibility index (Phi) is 3.69. The highest BCUT2D eigenvalue weighted by Crippen LogP contribution is 2.26. The summed E-state index contributed by atoms with van der Waals surface area (Å²) in [6.45, 7) is 0. The first kappa shape index (κ1) is 9.68. The van der Waals surface area contributed by atoms with Gasteiger partial charge in [0.25, 0.3) is 0 Å². The molecular weight excluding hydrogens is 154 g/mol. The summed E-state index contributed by atoms with van der Waals surface area (Å²) >= 11 is 0. The van der Waals surface area contributed by atoms with Gasteiger partial charge >= 0.3 is 0 Å². The average Bonchev–Trinajstić information content (AvgIpc) is 2.09. The van der Waals surface area contributed by atoms with E-state index in [2.05, 4.69) is 0 Å². The molecule has 70 valence electrons. The Balaban J connectivity index is 2.21. The highest BCUT2D eigenvalue weighted by molar-refractivity contribution is 5.56. The number of carbonyl (C=O) groups is 1. The summed E-state index contributed by atoms with van der Waals surface area (Å²) < 4.78 is 0. The number of aliphatic hydroxyl groups is 1. The van der Waals surface area contributed by atoms with E-state index < -0.39 is 0 Å². The van der Waals surface area contributed by atoms with E-state index in [1.807, 2.05) is 0 Å². The molecule has 0 radical (unpaired) electrons. The van der Waals surface area contributed by atoms with E-state index in [-0.39, 0.29) is 12.1 Å². The van der Waals surface area contributed by atoms with Gasteiger partial charge in [-0.1, -0.05) is 0 Å². The number of nitrogens with two attached hydrogens (primary N) is 1. The SMILES string of the molecule is N[C@H](C=O)CC1CCC(O)CC1. The Labute approximate surface area is 72.9 Å². The van der Waals surface area contributed by atoms with Crippen LogP contribution in [0.3, 0.4) is 0 Å². The third kappa shape index (κ3) is 2.91. The van der Waals surface area contributed by atoms with Crippen LogP contribution >= 0.6 is 0 Å². The predicted molar refractivity (Wildman–Crippen MR) is 46.6 cm³/mol. The zero-order valence-electron chi connectivity index (χ0n) is 7.28. The maximum atomic E-state index is 10.3. The van der Waals surface area contributed by atoms with Crippen LogP contribution in [-0.2, 0) is 4.79 Å². The van der Waals surface area contributed by atoms with Crippen molar-refractivity contribution in [2.24, 2.45) is 11.7 Å². The Morgan fingerprint density at radius 2 is 2.00 bits per heavy atom. The van der Waals surface area contributed by atoms with E-state index in [1.54, 1.807) is 0 Å². The van der Waals surface area contributed by atoms with Gasteiger partial charge in [-0.2, -0.15) is 0 Å². The van der Waals surface area contributed by atoms with Crippen LogP contribution in [0.2, 0.25) is 0 Å². The van der Waals surface area contributed by atoms with E-state index in [4.69, 9.17) is 5.73 Å². The summed E-state index contributed by atoms with van der Waals surface area (Å²) in [6.07, 6.45) is 5.26. The van der Waals surface area contributed by atoms with Gasteiger partial charge in [-0.15, -0.1) is 0 Å².